The zero-order valence-electron chi connectivity index (χ0n) is 6.01. The molecule has 66 valence electrons. The van der Waals surface area contributed by atoms with Crippen LogP contribution in [-0.2, 0) is 0 Å². The summed E-state index contributed by atoms with van der Waals surface area (Å²) < 4.78 is 0. The maximum Gasteiger partial charge on any atom is 0.110 e. The van der Waals surface area contributed by atoms with Gasteiger partial charge in [0, 0.05) is 13.1 Å². The molecule has 0 amide bonds. The van der Waals surface area contributed by atoms with E-state index in [1.165, 1.54) is 0 Å². The minimum atomic E-state index is -1.26. The summed E-state index contributed by atoms with van der Waals surface area (Å²) in [4.78, 5) is 0. The standard InChI is InChI=1S/C6H13NO4/c8-3-1-7-2-4(9)6(11)5(3)10/h3-11H,1-2H2/t3-,4?,5?,6?/m1/s1. The fourth-order valence-corrected chi connectivity index (χ4v) is 1.08. The van der Waals surface area contributed by atoms with E-state index < -0.39 is 24.4 Å². The van der Waals surface area contributed by atoms with E-state index in [2.05, 4.69) is 5.32 Å². The van der Waals surface area contributed by atoms with E-state index in [9.17, 15) is 0 Å². The Morgan fingerprint density at radius 3 is 1.55 bits per heavy atom. The molecule has 0 aromatic carbocycles. The number of aliphatic hydroxyl groups is 4. The summed E-state index contributed by atoms with van der Waals surface area (Å²) in [6.07, 6.45) is -4.55. The van der Waals surface area contributed by atoms with Crippen LogP contribution in [0.15, 0.2) is 0 Å². The first-order valence-corrected chi connectivity index (χ1v) is 3.56. The quantitative estimate of drug-likeness (QED) is 0.263. The van der Waals surface area contributed by atoms with Crippen molar-refractivity contribution >= 4 is 0 Å². The topological polar surface area (TPSA) is 93.0 Å². The number of hydrogen-bond donors (Lipinski definition) is 5. The second kappa shape index (κ2) is 3.46. The van der Waals surface area contributed by atoms with E-state index in [-0.39, 0.29) is 13.1 Å². The number of aliphatic hydroxyl groups excluding tert-OH is 4. The number of rotatable bonds is 0. The lowest BCUT2D eigenvalue weighted by Crippen LogP contribution is -2.43. The molecular formula is C6H13NO4. The molecule has 0 bridgehead atoms. The van der Waals surface area contributed by atoms with Crippen LogP contribution in [0.4, 0.5) is 0 Å². The Hall–Kier alpha value is -0.200. The maximum absolute atomic E-state index is 9.10. The van der Waals surface area contributed by atoms with E-state index in [1.54, 1.807) is 0 Å². The van der Waals surface area contributed by atoms with Crippen molar-refractivity contribution in [1.82, 2.24) is 5.32 Å². The average molecular weight is 163 g/mol. The molecule has 0 saturated carbocycles. The first-order valence-electron chi connectivity index (χ1n) is 3.56. The molecule has 3 unspecified atom stereocenters. The van der Waals surface area contributed by atoms with Gasteiger partial charge in [-0.15, -0.1) is 0 Å². The van der Waals surface area contributed by atoms with Crippen LogP contribution in [0.1, 0.15) is 0 Å². The summed E-state index contributed by atoms with van der Waals surface area (Å²) in [5.41, 5.74) is 0. The Morgan fingerprint density at radius 1 is 0.818 bits per heavy atom. The predicted octanol–water partition coefficient (Wildman–Crippen LogP) is -2.97. The van der Waals surface area contributed by atoms with Crippen LogP contribution in [0.2, 0.25) is 0 Å². The highest BCUT2D eigenvalue weighted by molar-refractivity contribution is 4.86. The lowest BCUT2D eigenvalue weighted by Gasteiger charge is -2.21. The van der Waals surface area contributed by atoms with Crippen LogP contribution in [0.5, 0.6) is 0 Å². The van der Waals surface area contributed by atoms with Crippen LogP contribution in [0.3, 0.4) is 0 Å². The highest BCUT2D eigenvalue weighted by atomic mass is 16.4. The summed E-state index contributed by atoms with van der Waals surface area (Å²) in [6, 6.07) is 0. The van der Waals surface area contributed by atoms with E-state index >= 15 is 0 Å². The largest absolute Gasteiger partial charge is 0.389 e. The molecule has 1 fully saturated rings. The van der Waals surface area contributed by atoms with Crippen LogP contribution in [-0.4, -0.2) is 57.9 Å². The van der Waals surface area contributed by atoms with E-state index in [4.69, 9.17) is 20.4 Å². The second-order valence-electron chi connectivity index (χ2n) is 2.77. The van der Waals surface area contributed by atoms with E-state index in [0.717, 1.165) is 0 Å². The lowest BCUT2D eigenvalue weighted by molar-refractivity contribution is -0.0894. The summed E-state index contributed by atoms with van der Waals surface area (Å²) in [6.45, 7) is 0.380. The summed E-state index contributed by atoms with van der Waals surface area (Å²) in [7, 11) is 0. The Kier molecular flexibility index (Phi) is 2.80. The molecule has 5 heteroatoms. The molecule has 5 N–H and O–H groups in total. The van der Waals surface area contributed by atoms with Crippen molar-refractivity contribution < 1.29 is 20.4 Å². The van der Waals surface area contributed by atoms with Gasteiger partial charge in [0.2, 0.25) is 0 Å². The van der Waals surface area contributed by atoms with Crippen molar-refractivity contribution in [3.8, 4) is 0 Å². The van der Waals surface area contributed by atoms with Crippen molar-refractivity contribution in [2.24, 2.45) is 0 Å². The van der Waals surface area contributed by atoms with Crippen LogP contribution >= 0.6 is 0 Å². The van der Waals surface area contributed by atoms with E-state index in [1.807, 2.05) is 0 Å². The van der Waals surface area contributed by atoms with Gasteiger partial charge in [0.15, 0.2) is 0 Å². The first kappa shape index (κ1) is 8.89. The lowest BCUT2D eigenvalue weighted by atomic mass is 10.1. The fraction of sp³-hybridized carbons (Fsp3) is 1.00. The van der Waals surface area contributed by atoms with Gasteiger partial charge in [0.05, 0.1) is 12.2 Å². The van der Waals surface area contributed by atoms with Gasteiger partial charge < -0.3 is 25.7 Å². The van der Waals surface area contributed by atoms with Crippen molar-refractivity contribution in [2.45, 2.75) is 24.4 Å². The minimum Gasteiger partial charge on any atom is -0.389 e. The smallest absolute Gasteiger partial charge is 0.110 e. The van der Waals surface area contributed by atoms with Gasteiger partial charge in [0.1, 0.15) is 12.2 Å². The molecule has 0 radical (unpaired) electrons. The van der Waals surface area contributed by atoms with Crippen LogP contribution in [0.25, 0.3) is 0 Å². The molecule has 0 aliphatic carbocycles. The van der Waals surface area contributed by atoms with Crippen molar-refractivity contribution in [2.75, 3.05) is 13.1 Å². The molecule has 1 aliphatic rings. The molecule has 1 rings (SSSR count). The minimum absolute atomic E-state index is 0.190. The molecule has 11 heavy (non-hydrogen) atoms. The third-order valence-corrected chi connectivity index (χ3v) is 1.85. The maximum atomic E-state index is 9.10. The summed E-state index contributed by atoms with van der Waals surface area (Å²) in [5, 5.41) is 39.0. The van der Waals surface area contributed by atoms with Crippen LogP contribution in [0, 0.1) is 0 Å². The number of hydrogen-bond acceptors (Lipinski definition) is 5. The molecule has 1 saturated heterocycles. The van der Waals surface area contributed by atoms with Crippen molar-refractivity contribution in [3.63, 3.8) is 0 Å². The van der Waals surface area contributed by atoms with Gasteiger partial charge in [-0.3, -0.25) is 0 Å². The molecule has 0 aromatic rings. The first-order chi connectivity index (χ1) is 5.13. The molecule has 5 nitrogen and oxygen atoms in total. The Morgan fingerprint density at radius 2 is 1.18 bits per heavy atom. The zero-order valence-corrected chi connectivity index (χ0v) is 6.01. The Balaban J connectivity index is 2.58. The molecule has 4 atom stereocenters. The summed E-state index contributed by atoms with van der Waals surface area (Å²) in [5.74, 6) is 0. The van der Waals surface area contributed by atoms with E-state index in [0.29, 0.717) is 0 Å². The molecule has 1 heterocycles. The highest BCUT2D eigenvalue weighted by Gasteiger charge is 2.32. The predicted molar refractivity (Wildman–Crippen MR) is 36.9 cm³/mol. The average Bonchev–Trinajstić information content (AvgIpc) is 2.07. The van der Waals surface area contributed by atoms with Gasteiger partial charge in [-0.25, -0.2) is 0 Å². The van der Waals surface area contributed by atoms with Crippen molar-refractivity contribution in [3.05, 3.63) is 0 Å². The monoisotopic (exact) mass is 163 g/mol. The van der Waals surface area contributed by atoms with Gasteiger partial charge >= 0.3 is 0 Å². The molecular weight excluding hydrogens is 150 g/mol. The Bertz CT molecular complexity index is 118. The normalized spacial score (nSPS) is 46.9. The third kappa shape index (κ3) is 1.88. The molecule has 0 spiro atoms. The molecule has 1 aliphatic heterocycles. The second-order valence-corrected chi connectivity index (χ2v) is 2.77. The fourth-order valence-electron chi connectivity index (χ4n) is 1.08. The zero-order chi connectivity index (χ0) is 8.43. The molecule has 0 aromatic heterocycles. The number of nitrogens with one attached hydrogen (secondary N) is 1. The van der Waals surface area contributed by atoms with Gasteiger partial charge in [-0.1, -0.05) is 0 Å². The van der Waals surface area contributed by atoms with Gasteiger partial charge in [0.25, 0.3) is 0 Å². The number of β-amino-alcohol motifs (C(OH)–C–C–N with tert-alkyl or cyclic N) is 2. The third-order valence-electron chi connectivity index (χ3n) is 1.85. The van der Waals surface area contributed by atoms with Crippen LogP contribution < -0.4 is 5.32 Å². The van der Waals surface area contributed by atoms with Gasteiger partial charge in [-0.05, 0) is 0 Å². The highest BCUT2D eigenvalue weighted by Crippen LogP contribution is 2.07. The van der Waals surface area contributed by atoms with Gasteiger partial charge in [-0.2, -0.15) is 0 Å². The SMILES string of the molecule is OC1CNC[C@@H](O)C(O)C1O. The summed E-state index contributed by atoms with van der Waals surface area (Å²) >= 11 is 0. The van der Waals surface area contributed by atoms with Crippen molar-refractivity contribution in [1.29, 1.82) is 0 Å². The Labute approximate surface area is 64.3 Å².